The van der Waals surface area contributed by atoms with Crippen LogP contribution in [-0.2, 0) is 16.0 Å². The summed E-state index contributed by atoms with van der Waals surface area (Å²) in [5.41, 5.74) is -0.254. The van der Waals surface area contributed by atoms with Crippen LogP contribution in [0.5, 0.6) is 0 Å². The molecule has 2 rings (SSSR count). The second-order valence-corrected chi connectivity index (χ2v) is 5.46. The maximum atomic E-state index is 13.2. The molecule has 1 aromatic rings. The Kier molecular flexibility index (Phi) is 4.86. The Hall–Kier alpha value is -1.29. The van der Waals surface area contributed by atoms with Gasteiger partial charge in [-0.15, -0.1) is 0 Å². The summed E-state index contributed by atoms with van der Waals surface area (Å²) in [4.78, 5) is 12.5. The van der Waals surface area contributed by atoms with Gasteiger partial charge in [-0.05, 0) is 30.5 Å². The number of ketones is 1. The first kappa shape index (κ1) is 15.1. The molecule has 110 valence electrons. The van der Waals surface area contributed by atoms with Crippen LogP contribution in [0.1, 0.15) is 44.1 Å². The van der Waals surface area contributed by atoms with Crippen molar-refractivity contribution in [1.29, 1.82) is 0 Å². The summed E-state index contributed by atoms with van der Waals surface area (Å²) in [6, 6.07) is 3.61. The summed E-state index contributed by atoms with van der Waals surface area (Å²) < 4.78 is 31.6. The van der Waals surface area contributed by atoms with Gasteiger partial charge in [0.1, 0.15) is 5.60 Å². The average Bonchev–Trinajstić information content (AvgIpc) is 2.69. The molecule has 2 nitrogen and oxygen atoms in total. The lowest BCUT2D eigenvalue weighted by Crippen LogP contribution is -2.41. The number of Topliss-reactive ketones (excluding diaryl/α,β-unsaturated/α-hetero) is 1. The first-order chi connectivity index (χ1) is 9.57. The first-order valence-electron chi connectivity index (χ1n) is 7.10. The van der Waals surface area contributed by atoms with Gasteiger partial charge in [-0.25, -0.2) is 8.78 Å². The number of carbonyl (C=O) groups excluding carboxylic acids is 1. The number of hydrogen-bond acceptors (Lipinski definition) is 2. The van der Waals surface area contributed by atoms with Crippen LogP contribution in [-0.4, -0.2) is 18.5 Å². The summed E-state index contributed by atoms with van der Waals surface area (Å²) >= 11 is 0. The van der Waals surface area contributed by atoms with Gasteiger partial charge in [0, 0.05) is 13.5 Å². The number of benzene rings is 1. The van der Waals surface area contributed by atoms with Crippen molar-refractivity contribution >= 4 is 5.78 Å². The molecule has 0 aliphatic heterocycles. The van der Waals surface area contributed by atoms with E-state index in [-0.39, 0.29) is 12.2 Å². The molecule has 0 saturated heterocycles. The Balaban J connectivity index is 2.14. The Morgan fingerprint density at radius 2 is 1.80 bits per heavy atom. The molecule has 4 heteroatoms. The Morgan fingerprint density at radius 1 is 1.15 bits per heavy atom. The minimum absolute atomic E-state index is 0.0343. The number of ether oxygens (including phenoxy) is 1. The highest BCUT2D eigenvalue weighted by atomic mass is 19.2. The summed E-state index contributed by atoms with van der Waals surface area (Å²) in [5, 5.41) is 0. The van der Waals surface area contributed by atoms with Crippen molar-refractivity contribution in [1.82, 2.24) is 0 Å². The van der Waals surface area contributed by atoms with E-state index in [0.717, 1.165) is 37.8 Å². The number of methoxy groups -OCH3 is 1. The summed E-state index contributed by atoms with van der Waals surface area (Å²) in [6.07, 6.45) is 5.69. The highest BCUT2D eigenvalue weighted by Gasteiger charge is 2.37. The van der Waals surface area contributed by atoms with Crippen molar-refractivity contribution in [2.75, 3.05) is 7.11 Å². The van der Waals surface area contributed by atoms with Gasteiger partial charge in [0.15, 0.2) is 17.4 Å². The Labute approximate surface area is 118 Å². The van der Waals surface area contributed by atoms with Crippen LogP contribution >= 0.6 is 0 Å². The van der Waals surface area contributed by atoms with Gasteiger partial charge < -0.3 is 4.74 Å². The van der Waals surface area contributed by atoms with Crippen molar-refractivity contribution < 1.29 is 18.3 Å². The third-order valence-electron chi connectivity index (χ3n) is 4.16. The predicted octanol–water partition coefficient (Wildman–Crippen LogP) is 3.82. The molecule has 1 aliphatic rings. The van der Waals surface area contributed by atoms with E-state index in [4.69, 9.17) is 4.74 Å². The summed E-state index contributed by atoms with van der Waals surface area (Å²) in [7, 11) is 1.56. The van der Waals surface area contributed by atoms with Gasteiger partial charge in [0.05, 0.1) is 0 Å². The van der Waals surface area contributed by atoms with Crippen molar-refractivity contribution in [2.45, 2.75) is 50.5 Å². The molecule has 0 radical (unpaired) electrons. The fourth-order valence-electron chi connectivity index (χ4n) is 2.89. The van der Waals surface area contributed by atoms with Crippen LogP contribution in [0.2, 0.25) is 0 Å². The van der Waals surface area contributed by atoms with Gasteiger partial charge in [0.2, 0.25) is 0 Å². The molecule has 0 bridgehead atoms. The standard InChI is InChI=1S/C16H20F2O2/c1-20-16(8-4-2-3-5-9-16)15(19)11-12-6-7-13(17)14(18)10-12/h6-7,10H,2-5,8-9,11H2,1H3. The quantitative estimate of drug-likeness (QED) is 0.785. The lowest BCUT2D eigenvalue weighted by atomic mass is 9.86. The SMILES string of the molecule is COC1(C(=O)Cc2ccc(F)c(F)c2)CCCCCC1. The van der Waals surface area contributed by atoms with E-state index in [0.29, 0.717) is 18.4 Å². The highest BCUT2D eigenvalue weighted by molar-refractivity contribution is 5.89. The van der Waals surface area contributed by atoms with E-state index in [1.54, 1.807) is 7.11 Å². The Morgan fingerprint density at radius 3 is 2.35 bits per heavy atom. The van der Waals surface area contributed by atoms with Crippen LogP contribution in [0.15, 0.2) is 18.2 Å². The van der Waals surface area contributed by atoms with E-state index in [1.807, 2.05) is 0 Å². The van der Waals surface area contributed by atoms with Crippen molar-refractivity contribution in [3.05, 3.63) is 35.4 Å². The Bertz CT molecular complexity index is 477. The highest BCUT2D eigenvalue weighted by Crippen LogP contribution is 2.32. The second kappa shape index (κ2) is 6.44. The van der Waals surface area contributed by atoms with Gasteiger partial charge in [-0.1, -0.05) is 31.7 Å². The fraction of sp³-hybridized carbons (Fsp3) is 0.562. The molecule has 0 atom stereocenters. The lowest BCUT2D eigenvalue weighted by molar-refractivity contribution is -0.142. The predicted molar refractivity (Wildman–Crippen MR) is 72.5 cm³/mol. The van der Waals surface area contributed by atoms with E-state index in [1.165, 1.54) is 6.07 Å². The summed E-state index contributed by atoms with van der Waals surface area (Å²) in [5.74, 6) is -1.84. The molecule has 1 saturated carbocycles. The van der Waals surface area contributed by atoms with Crippen LogP contribution in [0, 0.1) is 11.6 Å². The molecule has 1 aliphatic carbocycles. The van der Waals surface area contributed by atoms with Crippen molar-refractivity contribution in [2.24, 2.45) is 0 Å². The monoisotopic (exact) mass is 282 g/mol. The average molecular weight is 282 g/mol. The van der Waals surface area contributed by atoms with E-state index >= 15 is 0 Å². The van der Waals surface area contributed by atoms with E-state index in [9.17, 15) is 13.6 Å². The molecule has 0 aromatic heterocycles. The molecule has 0 spiro atoms. The van der Waals surface area contributed by atoms with Gasteiger partial charge >= 0.3 is 0 Å². The molecule has 20 heavy (non-hydrogen) atoms. The maximum absolute atomic E-state index is 13.2. The van der Waals surface area contributed by atoms with E-state index in [2.05, 4.69) is 0 Å². The largest absolute Gasteiger partial charge is 0.370 e. The third kappa shape index (κ3) is 3.23. The molecule has 1 fully saturated rings. The molecular weight excluding hydrogens is 262 g/mol. The molecule has 0 heterocycles. The third-order valence-corrected chi connectivity index (χ3v) is 4.16. The first-order valence-corrected chi connectivity index (χ1v) is 7.10. The number of carbonyl (C=O) groups is 1. The van der Waals surface area contributed by atoms with Crippen LogP contribution < -0.4 is 0 Å². The fourth-order valence-corrected chi connectivity index (χ4v) is 2.89. The molecule has 1 aromatic carbocycles. The zero-order valence-electron chi connectivity index (χ0n) is 11.8. The number of hydrogen-bond donors (Lipinski definition) is 0. The molecule has 0 N–H and O–H groups in total. The van der Waals surface area contributed by atoms with Crippen LogP contribution in [0.3, 0.4) is 0 Å². The van der Waals surface area contributed by atoms with Crippen molar-refractivity contribution in [3.8, 4) is 0 Å². The maximum Gasteiger partial charge on any atom is 0.168 e. The van der Waals surface area contributed by atoms with Gasteiger partial charge in [0.25, 0.3) is 0 Å². The second-order valence-electron chi connectivity index (χ2n) is 5.46. The van der Waals surface area contributed by atoms with Gasteiger partial charge in [-0.3, -0.25) is 4.79 Å². The molecule has 0 unspecified atom stereocenters. The normalized spacial score (nSPS) is 18.6. The summed E-state index contributed by atoms with van der Waals surface area (Å²) in [6.45, 7) is 0. The van der Waals surface area contributed by atoms with Crippen LogP contribution in [0.4, 0.5) is 8.78 Å². The van der Waals surface area contributed by atoms with Crippen LogP contribution in [0.25, 0.3) is 0 Å². The lowest BCUT2D eigenvalue weighted by Gasteiger charge is -2.29. The number of halogens is 2. The smallest absolute Gasteiger partial charge is 0.168 e. The molecular formula is C16H20F2O2. The van der Waals surface area contributed by atoms with Crippen molar-refractivity contribution in [3.63, 3.8) is 0 Å². The molecule has 0 amide bonds. The zero-order valence-corrected chi connectivity index (χ0v) is 11.8. The number of rotatable bonds is 4. The van der Waals surface area contributed by atoms with Gasteiger partial charge in [-0.2, -0.15) is 0 Å². The van der Waals surface area contributed by atoms with E-state index < -0.39 is 17.2 Å². The minimum Gasteiger partial charge on any atom is -0.370 e. The minimum atomic E-state index is -0.914. The zero-order chi connectivity index (χ0) is 14.6. The topological polar surface area (TPSA) is 26.3 Å².